The van der Waals surface area contributed by atoms with Crippen molar-refractivity contribution in [3.8, 4) is 11.5 Å². The fraction of sp³-hybridized carbons (Fsp3) is 0.562. The molecular formula is C16H22ClNO3. The Morgan fingerprint density at radius 1 is 1.38 bits per heavy atom. The number of hydrogen-bond acceptors (Lipinski definition) is 3. The van der Waals surface area contributed by atoms with E-state index in [1.807, 2.05) is 0 Å². The van der Waals surface area contributed by atoms with Gasteiger partial charge in [-0.15, -0.1) is 11.6 Å². The number of alkyl halides is 1. The highest BCUT2D eigenvalue weighted by Crippen LogP contribution is 2.30. The lowest BCUT2D eigenvalue weighted by molar-refractivity contribution is 0.0934. The number of phenolic OH excluding ortho intramolecular Hbond substituents is 1. The minimum Gasteiger partial charge on any atom is -0.507 e. The van der Waals surface area contributed by atoms with Crippen molar-refractivity contribution >= 4 is 17.5 Å². The van der Waals surface area contributed by atoms with E-state index in [-0.39, 0.29) is 17.2 Å². The molecular weight excluding hydrogens is 290 g/mol. The van der Waals surface area contributed by atoms with Crippen LogP contribution in [0.2, 0.25) is 0 Å². The zero-order chi connectivity index (χ0) is 15.2. The lowest BCUT2D eigenvalue weighted by atomic mass is 9.80. The van der Waals surface area contributed by atoms with E-state index < -0.39 is 0 Å². The van der Waals surface area contributed by atoms with E-state index in [1.54, 1.807) is 12.1 Å². The summed E-state index contributed by atoms with van der Waals surface area (Å²) in [5.41, 5.74) is 0.272. The molecule has 2 unspecified atom stereocenters. The minimum absolute atomic E-state index is 0.0654. The van der Waals surface area contributed by atoms with Crippen molar-refractivity contribution in [2.75, 3.05) is 19.5 Å². The first-order valence-electron chi connectivity index (χ1n) is 7.37. The van der Waals surface area contributed by atoms with E-state index in [1.165, 1.54) is 26.0 Å². The Morgan fingerprint density at radius 2 is 2.10 bits per heavy atom. The Balaban J connectivity index is 1.95. The van der Waals surface area contributed by atoms with Gasteiger partial charge in [-0.3, -0.25) is 4.79 Å². The fourth-order valence-electron chi connectivity index (χ4n) is 2.91. The molecule has 0 bridgehead atoms. The third-order valence-corrected chi connectivity index (χ3v) is 4.64. The van der Waals surface area contributed by atoms with Crippen molar-refractivity contribution in [2.24, 2.45) is 11.8 Å². The highest BCUT2D eigenvalue weighted by atomic mass is 35.5. The third-order valence-electron chi connectivity index (χ3n) is 4.24. The predicted octanol–water partition coefficient (Wildman–Crippen LogP) is 3.18. The van der Waals surface area contributed by atoms with Crippen LogP contribution in [0, 0.1) is 11.8 Å². The van der Waals surface area contributed by atoms with Crippen molar-refractivity contribution in [1.29, 1.82) is 0 Å². The van der Waals surface area contributed by atoms with Gasteiger partial charge in [-0.05, 0) is 36.8 Å². The average molecular weight is 312 g/mol. The van der Waals surface area contributed by atoms with Crippen LogP contribution in [0.25, 0.3) is 0 Å². The topological polar surface area (TPSA) is 58.6 Å². The SMILES string of the molecule is COc1ccc(C(=O)NCC2CCCCC2CCl)c(O)c1. The molecule has 1 aromatic rings. The number of ether oxygens (including phenoxy) is 1. The molecule has 21 heavy (non-hydrogen) atoms. The number of nitrogens with one attached hydrogen (secondary N) is 1. The quantitative estimate of drug-likeness (QED) is 0.821. The van der Waals surface area contributed by atoms with Gasteiger partial charge in [0.05, 0.1) is 12.7 Å². The van der Waals surface area contributed by atoms with Gasteiger partial charge >= 0.3 is 0 Å². The van der Waals surface area contributed by atoms with Crippen LogP contribution in [0.3, 0.4) is 0 Å². The van der Waals surface area contributed by atoms with Crippen LogP contribution in [0.4, 0.5) is 0 Å². The molecule has 1 aliphatic rings. The molecule has 116 valence electrons. The predicted molar refractivity (Wildman–Crippen MR) is 83.2 cm³/mol. The van der Waals surface area contributed by atoms with Crippen molar-refractivity contribution in [3.63, 3.8) is 0 Å². The number of rotatable bonds is 5. The molecule has 0 aromatic heterocycles. The number of phenols is 1. The summed E-state index contributed by atoms with van der Waals surface area (Å²) in [6.07, 6.45) is 4.66. The van der Waals surface area contributed by atoms with Crippen LogP contribution in [0.1, 0.15) is 36.0 Å². The van der Waals surface area contributed by atoms with Gasteiger partial charge in [0.2, 0.25) is 0 Å². The van der Waals surface area contributed by atoms with Gasteiger partial charge in [0, 0.05) is 18.5 Å². The lowest BCUT2D eigenvalue weighted by Crippen LogP contribution is -2.34. The maximum Gasteiger partial charge on any atom is 0.255 e. The number of carbonyl (C=O) groups excluding carboxylic acids is 1. The second kappa shape index (κ2) is 7.55. The molecule has 0 heterocycles. The number of aromatic hydroxyl groups is 1. The molecule has 2 atom stereocenters. The summed E-state index contributed by atoms with van der Waals surface area (Å²) in [7, 11) is 1.52. The van der Waals surface area contributed by atoms with E-state index in [4.69, 9.17) is 16.3 Å². The average Bonchev–Trinajstić information content (AvgIpc) is 2.52. The van der Waals surface area contributed by atoms with Gasteiger partial charge in [-0.2, -0.15) is 0 Å². The first kappa shape index (κ1) is 16.0. The summed E-state index contributed by atoms with van der Waals surface area (Å²) in [4.78, 5) is 12.2. The summed E-state index contributed by atoms with van der Waals surface area (Å²) in [6.45, 7) is 0.613. The molecule has 5 heteroatoms. The second-order valence-corrected chi connectivity index (χ2v) is 5.86. The number of hydrogen-bond donors (Lipinski definition) is 2. The normalized spacial score (nSPS) is 21.8. The fourth-order valence-corrected chi connectivity index (χ4v) is 3.31. The number of benzene rings is 1. The number of amides is 1. The third kappa shape index (κ3) is 4.03. The van der Waals surface area contributed by atoms with Crippen LogP contribution in [-0.2, 0) is 0 Å². The summed E-state index contributed by atoms with van der Waals surface area (Å²) in [5, 5.41) is 12.8. The molecule has 1 amide bonds. The van der Waals surface area contributed by atoms with Crippen molar-refractivity contribution in [3.05, 3.63) is 23.8 Å². The van der Waals surface area contributed by atoms with Crippen LogP contribution in [-0.4, -0.2) is 30.5 Å². The Morgan fingerprint density at radius 3 is 2.71 bits per heavy atom. The van der Waals surface area contributed by atoms with Crippen molar-refractivity contribution < 1.29 is 14.6 Å². The zero-order valence-electron chi connectivity index (χ0n) is 12.3. The Bertz CT molecular complexity index is 492. The maximum absolute atomic E-state index is 12.2. The molecule has 0 spiro atoms. The largest absolute Gasteiger partial charge is 0.507 e. The molecule has 2 N–H and O–H groups in total. The number of halogens is 1. The first-order chi connectivity index (χ1) is 10.2. The highest BCUT2D eigenvalue weighted by molar-refractivity contribution is 6.18. The van der Waals surface area contributed by atoms with E-state index in [0.29, 0.717) is 30.0 Å². The summed E-state index contributed by atoms with van der Waals surface area (Å²) in [6, 6.07) is 4.68. The van der Waals surface area contributed by atoms with Gasteiger partial charge < -0.3 is 15.2 Å². The van der Waals surface area contributed by atoms with Gasteiger partial charge in [-0.1, -0.05) is 12.8 Å². The standard InChI is InChI=1S/C16H22ClNO3/c1-21-13-6-7-14(15(19)8-13)16(20)18-10-12-5-3-2-4-11(12)9-17/h6-8,11-12,19H,2-5,9-10H2,1H3,(H,18,20). The molecule has 4 nitrogen and oxygen atoms in total. The van der Waals surface area contributed by atoms with Crippen molar-refractivity contribution in [1.82, 2.24) is 5.32 Å². The van der Waals surface area contributed by atoms with Crippen LogP contribution >= 0.6 is 11.6 Å². The zero-order valence-corrected chi connectivity index (χ0v) is 13.0. The molecule has 2 rings (SSSR count). The van der Waals surface area contributed by atoms with E-state index in [2.05, 4.69) is 5.32 Å². The smallest absolute Gasteiger partial charge is 0.255 e. The van der Waals surface area contributed by atoms with Gasteiger partial charge in [-0.25, -0.2) is 0 Å². The monoisotopic (exact) mass is 311 g/mol. The maximum atomic E-state index is 12.2. The minimum atomic E-state index is -0.256. The Labute approximate surface area is 130 Å². The molecule has 0 aliphatic heterocycles. The van der Waals surface area contributed by atoms with Crippen molar-refractivity contribution in [2.45, 2.75) is 25.7 Å². The Hall–Kier alpha value is -1.42. The van der Waals surface area contributed by atoms with E-state index in [9.17, 15) is 9.90 Å². The Kier molecular flexibility index (Phi) is 5.74. The highest BCUT2D eigenvalue weighted by Gasteiger charge is 2.25. The van der Waals surface area contributed by atoms with E-state index >= 15 is 0 Å². The summed E-state index contributed by atoms with van der Waals surface area (Å²) in [5.74, 6) is 1.76. The summed E-state index contributed by atoms with van der Waals surface area (Å²) >= 11 is 6.00. The first-order valence-corrected chi connectivity index (χ1v) is 7.90. The molecule has 1 aromatic carbocycles. The molecule has 0 saturated heterocycles. The molecule has 1 aliphatic carbocycles. The molecule has 1 saturated carbocycles. The van der Waals surface area contributed by atoms with Crippen LogP contribution in [0.15, 0.2) is 18.2 Å². The summed E-state index contributed by atoms with van der Waals surface area (Å²) < 4.78 is 5.01. The van der Waals surface area contributed by atoms with Gasteiger partial charge in [0.15, 0.2) is 0 Å². The number of carbonyl (C=O) groups is 1. The van der Waals surface area contributed by atoms with E-state index in [0.717, 1.165) is 12.8 Å². The van der Waals surface area contributed by atoms with Gasteiger partial charge in [0.25, 0.3) is 5.91 Å². The van der Waals surface area contributed by atoms with Crippen LogP contribution < -0.4 is 10.1 Å². The second-order valence-electron chi connectivity index (χ2n) is 5.55. The number of methoxy groups -OCH3 is 1. The molecule has 1 fully saturated rings. The lowest BCUT2D eigenvalue weighted by Gasteiger charge is -2.30. The van der Waals surface area contributed by atoms with Gasteiger partial charge in [0.1, 0.15) is 11.5 Å². The molecule has 0 radical (unpaired) electrons. The van der Waals surface area contributed by atoms with Crippen LogP contribution in [0.5, 0.6) is 11.5 Å².